The second-order valence-electron chi connectivity index (χ2n) is 7.16. The lowest BCUT2D eigenvalue weighted by molar-refractivity contribution is -0.159. The Kier molecular flexibility index (Phi) is 8.46. The Labute approximate surface area is 150 Å². The van der Waals surface area contributed by atoms with Crippen LogP contribution in [0.15, 0.2) is 24.3 Å². The van der Waals surface area contributed by atoms with Gasteiger partial charge in [0.25, 0.3) is 0 Å². The maximum atomic E-state index is 12.3. The van der Waals surface area contributed by atoms with E-state index in [-0.39, 0.29) is 6.42 Å². The van der Waals surface area contributed by atoms with Gasteiger partial charge in [-0.15, -0.1) is 0 Å². The van der Waals surface area contributed by atoms with E-state index in [1.807, 2.05) is 0 Å². The fourth-order valence-corrected chi connectivity index (χ4v) is 2.40. The average Bonchev–Trinajstić information content (AvgIpc) is 2.51. The van der Waals surface area contributed by atoms with Crippen molar-refractivity contribution in [2.45, 2.75) is 71.3 Å². The SMILES string of the molecule is CCCCCCOc1ccc([C@@H](CC(=O)O)C(=O)OC(C)(C)C)cc1. The molecule has 0 fully saturated rings. The fraction of sp³-hybridized carbons (Fsp3) is 0.600. The summed E-state index contributed by atoms with van der Waals surface area (Å²) in [7, 11) is 0. The van der Waals surface area contributed by atoms with Gasteiger partial charge in [-0.05, 0) is 44.9 Å². The van der Waals surface area contributed by atoms with E-state index in [4.69, 9.17) is 14.6 Å². The summed E-state index contributed by atoms with van der Waals surface area (Å²) in [5.41, 5.74) is -0.0370. The van der Waals surface area contributed by atoms with Crippen molar-refractivity contribution in [1.29, 1.82) is 0 Å². The van der Waals surface area contributed by atoms with Crippen LogP contribution in [0.5, 0.6) is 5.75 Å². The molecule has 1 rings (SSSR count). The van der Waals surface area contributed by atoms with Crippen LogP contribution >= 0.6 is 0 Å². The molecule has 0 aromatic heterocycles. The first kappa shape index (κ1) is 21.0. The number of hydrogen-bond donors (Lipinski definition) is 1. The average molecular weight is 350 g/mol. The summed E-state index contributed by atoms with van der Waals surface area (Å²) in [4.78, 5) is 23.5. The predicted octanol–water partition coefficient (Wildman–Crippen LogP) is 4.55. The van der Waals surface area contributed by atoms with Gasteiger partial charge < -0.3 is 14.6 Å². The number of unbranched alkanes of at least 4 members (excludes halogenated alkanes) is 3. The molecule has 0 bridgehead atoms. The monoisotopic (exact) mass is 350 g/mol. The van der Waals surface area contributed by atoms with Gasteiger partial charge in [0.05, 0.1) is 18.9 Å². The van der Waals surface area contributed by atoms with Crippen molar-refractivity contribution in [3.8, 4) is 5.75 Å². The van der Waals surface area contributed by atoms with E-state index in [1.165, 1.54) is 12.8 Å². The first-order chi connectivity index (χ1) is 11.7. The number of esters is 1. The zero-order chi connectivity index (χ0) is 18.9. The summed E-state index contributed by atoms with van der Waals surface area (Å²) in [5.74, 6) is -1.66. The highest BCUT2D eigenvalue weighted by Crippen LogP contribution is 2.26. The lowest BCUT2D eigenvalue weighted by Gasteiger charge is -2.23. The van der Waals surface area contributed by atoms with Crippen LogP contribution in [0.25, 0.3) is 0 Å². The lowest BCUT2D eigenvalue weighted by Crippen LogP contribution is -2.28. The Morgan fingerprint density at radius 3 is 2.24 bits per heavy atom. The van der Waals surface area contributed by atoms with Crippen molar-refractivity contribution in [2.75, 3.05) is 6.61 Å². The third-order valence-corrected chi connectivity index (χ3v) is 3.62. The Balaban J connectivity index is 2.72. The van der Waals surface area contributed by atoms with Crippen molar-refractivity contribution < 1.29 is 24.2 Å². The molecule has 0 aliphatic carbocycles. The third-order valence-electron chi connectivity index (χ3n) is 3.62. The minimum atomic E-state index is -1.04. The lowest BCUT2D eigenvalue weighted by atomic mass is 9.95. The second-order valence-corrected chi connectivity index (χ2v) is 7.16. The molecule has 1 N–H and O–H groups in total. The molecule has 1 aromatic carbocycles. The van der Waals surface area contributed by atoms with E-state index in [9.17, 15) is 9.59 Å². The summed E-state index contributed by atoms with van der Waals surface area (Å²) in [6.07, 6.45) is 4.24. The van der Waals surface area contributed by atoms with Gasteiger partial charge >= 0.3 is 11.9 Å². The zero-order valence-electron chi connectivity index (χ0n) is 15.7. The molecule has 1 aromatic rings. The van der Waals surface area contributed by atoms with Crippen molar-refractivity contribution in [2.24, 2.45) is 0 Å². The molecule has 5 heteroatoms. The van der Waals surface area contributed by atoms with Crippen molar-refractivity contribution >= 4 is 11.9 Å². The smallest absolute Gasteiger partial charge is 0.314 e. The van der Waals surface area contributed by atoms with Crippen molar-refractivity contribution in [1.82, 2.24) is 0 Å². The first-order valence-electron chi connectivity index (χ1n) is 8.90. The van der Waals surface area contributed by atoms with E-state index in [2.05, 4.69) is 6.92 Å². The first-order valence-corrected chi connectivity index (χ1v) is 8.90. The predicted molar refractivity (Wildman–Crippen MR) is 96.9 cm³/mol. The molecule has 0 heterocycles. The molecule has 25 heavy (non-hydrogen) atoms. The Bertz CT molecular complexity index is 542. The van der Waals surface area contributed by atoms with Gasteiger partial charge in [0.2, 0.25) is 0 Å². The highest BCUT2D eigenvalue weighted by Gasteiger charge is 2.28. The van der Waals surface area contributed by atoms with E-state index in [0.717, 1.165) is 18.6 Å². The topological polar surface area (TPSA) is 72.8 Å². The quantitative estimate of drug-likeness (QED) is 0.495. The van der Waals surface area contributed by atoms with Gasteiger partial charge in [0.1, 0.15) is 11.4 Å². The number of carboxylic acids is 1. The highest BCUT2D eigenvalue weighted by atomic mass is 16.6. The summed E-state index contributed by atoms with van der Waals surface area (Å²) in [6.45, 7) is 8.11. The summed E-state index contributed by atoms with van der Waals surface area (Å²) >= 11 is 0. The van der Waals surface area contributed by atoms with E-state index in [1.54, 1.807) is 45.0 Å². The Hall–Kier alpha value is -2.04. The van der Waals surface area contributed by atoms with Gasteiger partial charge in [0.15, 0.2) is 0 Å². The van der Waals surface area contributed by atoms with Crippen LogP contribution in [-0.4, -0.2) is 29.3 Å². The van der Waals surface area contributed by atoms with Crippen LogP contribution in [0.2, 0.25) is 0 Å². The maximum absolute atomic E-state index is 12.3. The van der Waals surface area contributed by atoms with Crippen LogP contribution in [0.3, 0.4) is 0 Å². The minimum Gasteiger partial charge on any atom is -0.494 e. The van der Waals surface area contributed by atoms with Crippen LogP contribution < -0.4 is 4.74 Å². The number of carbonyl (C=O) groups excluding carboxylic acids is 1. The third kappa shape index (κ3) is 8.57. The number of aliphatic carboxylic acids is 1. The molecule has 1 atom stereocenters. The second kappa shape index (κ2) is 10.1. The van der Waals surface area contributed by atoms with E-state index in [0.29, 0.717) is 12.2 Å². The number of benzene rings is 1. The number of hydrogen-bond acceptors (Lipinski definition) is 4. The molecule has 5 nitrogen and oxygen atoms in total. The molecular weight excluding hydrogens is 320 g/mol. The molecule has 0 saturated carbocycles. The van der Waals surface area contributed by atoms with Gasteiger partial charge in [-0.25, -0.2) is 0 Å². The molecule has 0 aliphatic heterocycles. The zero-order valence-corrected chi connectivity index (χ0v) is 15.7. The molecule has 0 radical (unpaired) electrons. The van der Waals surface area contributed by atoms with E-state index >= 15 is 0 Å². The molecule has 0 amide bonds. The van der Waals surface area contributed by atoms with Crippen LogP contribution in [0, 0.1) is 0 Å². The largest absolute Gasteiger partial charge is 0.494 e. The molecule has 0 spiro atoms. The number of ether oxygens (including phenoxy) is 2. The normalized spacial score (nSPS) is 12.5. The summed E-state index contributed by atoms with van der Waals surface area (Å²) in [5, 5.41) is 9.10. The van der Waals surface area contributed by atoms with Crippen molar-refractivity contribution in [3.05, 3.63) is 29.8 Å². The van der Waals surface area contributed by atoms with Gasteiger partial charge in [-0.1, -0.05) is 38.3 Å². The van der Waals surface area contributed by atoms with Gasteiger partial charge in [-0.2, -0.15) is 0 Å². The van der Waals surface area contributed by atoms with Gasteiger partial charge in [0, 0.05) is 0 Å². The number of carboxylic acid groups (broad SMARTS) is 1. The number of carbonyl (C=O) groups is 2. The molecule has 0 saturated heterocycles. The van der Waals surface area contributed by atoms with Crippen molar-refractivity contribution in [3.63, 3.8) is 0 Å². The Morgan fingerprint density at radius 1 is 1.08 bits per heavy atom. The van der Waals surface area contributed by atoms with Crippen LogP contribution in [-0.2, 0) is 14.3 Å². The standard InChI is InChI=1S/C20H30O5/c1-5-6-7-8-13-24-16-11-9-15(10-12-16)17(14-18(21)22)19(23)25-20(2,3)4/h9-12,17H,5-8,13-14H2,1-4H3,(H,21,22)/t17-/m1/s1. The summed E-state index contributed by atoms with van der Waals surface area (Å²) < 4.78 is 11.0. The minimum absolute atomic E-state index is 0.299. The molecule has 140 valence electrons. The van der Waals surface area contributed by atoms with Gasteiger partial charge in [-0.3, -0.25) is 9.59 Å². The van der Waals surface area contributed by atoms with Crippen LogP contribution in [0.4, 0.5) is 0 Å². The molecule has 0 aliphatic rings. The maximum Gasteiger partial charge on any atom is 0.314 e. The molecular formula is C20H30O5. The van der Waals surface area contributed by atoms with E-state index < -0.39 is 23.5 Å². The Morgan fingerprint density at radius 2 is 1.72 bits per heavy atom. The van der Waals surface area contributed by atoms with Crippen LogP contribution in [0.1, 0.15) is 71.3 Å². The fourth-order valence-electron chi connectivity index (χ4n) is 2.40. The summed E-state index contributed by atoms with van der Waals surface area (Å²) in [6, 6.07) is 7.01. The highest BCUT2D eigenvalue weighted by molar-refractivity contribution is 5.84. The number of rotatable bonds is 10. The molecule has 0 unspecified atom stereocenters.